The third kappa shape index (κ3) is 7.91. The zero-order valence-electron chi connectivity index (χ0n) is 24.3. The van der Waals surface area contributed by atoms with Gasteiger partial charge in [0.25, 0.3) is 5.91 Å². The summed E-state index contributed by atoms with van der Waals surface area (Å²) in [5.41, 5.74) is 4.79. The van der Waals surface area contributed by atoms with Crippen molar-refractivity contribution in [2.45, 2.75) is 44.9 Å². The summed E-state index contributed by atoms with van der Waals surface area (Å²) in [4.78, 5) is 32.5. The summed E-state index contributed by atoms with van der Waals surface area (Å²) in [5, 5.41) is 7.80. The van der Waals surface area contributed by atoms with Crippen LogP contribution in [0.4, 0.5) is 0 Å². The fraction of sp³-hybridized carbons (Fsp3) is 0.353. The first-order valence-corrected chi connectivity index (χ1v) is 14.8. The molecule has 5 rings (SSSR count). The van der Waals surface area contributed by atoms with Gasteiger partial charge in [-0.15, -0.1) is 0 Å². The number of amides is 1. The second-order valence-electron chi connectivity index (χ2n) is 10.8. The maximum Gasteiger partial charge on any atom is 0.272 e. The van der Waals surface area contributed by atoms with Gasteiger partial charge in [0.15, 0.2) is 5.69 Å². The molecule has 0 saturated carbocycles. The standard InChI is InChI=1S/C34H39N5O3/c1-42-31-10-5-9-28(23-31)32-25-39(37-33(32)34(41)36-18-7-21-38-19-3-2-4-20-38)29-14-11-26(12-15-29)22-30(40)16-13-27-8-6-17-35-24-27/h5-6,8-12,14-15,17,23-25H,2-4,7,13,16,18-22H2,1H3,(H,36,41). The lowest BCUT2D eigenvalue weighted by Crippen LogP contribution is -2.33. The van der Waals surface area contributed by atoms with Crippen molar-refractivity contribution in [2.75, 3.05) is 33.3 Å². The van der Waals surface area contributed by atoms with Crippen molar-refractivity contribution in [2.24, 2.45) is 0 Å². The molecule has 1 saturated heterocycles. The molecule has 1 fully saturated rings. The number of aryl methyl sites for hydroxylation is 1. The molecule has 1 aliphatic heterocycles. The van der Waals surface area contributed by atoms with E-state index in [-0.39, 0.29) is 11.7 Å². The van der Waals surface area contributed by atoms with E-state index in [1.807, 2.05) is 66.9 Å². The van der Waals surface area contributed by atoms with Crippen molar-refractivity contribution < 1.29 is 14.3 Å². The van der Waals surface area contributed by atoms with E-state index in [1.54, 1.807) is 24.2 Å². The Morgan fingerprint density at radius 1 is 0.976 bits per heavy atom. The highest BCUT2D eigenvalue weighted by molar-refractivity contribution is 5.99. The van der Waals surface area contributed by atoms with E-state index in [4.69, 9.17) is 9.84 Å². The molecule has 42 heavy (non-hydrogen) atoms. The number of Topliss-reactive ketones (excluding diaryl/α,β-unsaturated/α-hetero) is 1. The van der Waals surface area contributed by atoms with Crippen LogP contribution in [0.5, 0.6) is 5.75 Å². The molecule has 8 nitrogen and oxygen atoms in total. The molecule has 4 aromatic rings. The Hall–Kier alpha value is -4.30. The first-order chi connectivity index (χ1) is 20.6. The fourth-order valence-electron chi connectivity index (χ4n) is 5.36. The summed E-state index contributed by atoms with van der Waals surface area (Å²) in [6, 6.07) is 19.3. The summed E-state index contributed by atoms with van der Waals surface area (Å²) in [7, 11) is 1.63. The van der Waals surface area contributed by atoms with E-state index in [2.05, 4.69) is 15.2 Å². The van der Waals surface area contributed by atoms with E-state index in [9.17, 15) is 9.59 Å². The molecule has 8 heteroatoms. The van der Waals surface area contributed by atoms with Crippen molar-refractivity contribution in [1.82, 2.24) is 25.0 Å². The van der Waals surface area contributed by atoms with Gasteiger partial charge in [0.05, 0.1) is 12.8 Å². The third-order valence-electron chi connectivity index (χ3n) is 7.71. The second kappa shape index (κ2) is 14.5. The highest BCUT2D eigenvalue weighted by Crippen LogP contribution is 2.28. The number of benzene rings is 2. The molecule has 0 bridgehead atoms. The first-order valence-electron chi connectivity index (χ1n) is 14.8. The van der Waals surface area contributed by atoms with E-state index in [0.717, 1.165) is 54.0 Å². The molecular formula is C34H39N5O3. The molecule has 1 aliphatic rings. The van der Waals surface area contributed by atoms with Gasteiger partial charge in [-0.1, -0.05) is 36.8 Å². The Labute approximate surface area is 247 Å². The van der Waals surface area contributed by atoms with E-state index >= 15 is 0 Å². The molecule has 1 N–H and O–H groups in total. The van der Waals surface area contributed by atoms with Crippen LogP contribution < -0.4 is 10.1 Å². The molecule has 0 spiro atoms. The molecule has 0 unspecified atom stereocenters. The van der Waals surface area contributed by atoms with Gasteiger partial charge in [0.1, 0.15) is 11.5 Å². The summed E-state index contributed by atoms with van der Waals surface area (Å²) < 4.78 is 7.16. The molecule has 3 heterocycles. The summed E-state index contributed by atoms with van der Waals surface area (Å²) in [5.74, 6) is 0.706. The van der Waals surface area contributed by atoms with Gasteiger partial charge in [-0.05, 0) is 92.3 Å². The van der Waals surface area contributed by atoms with Crippen LogP contribution in [0.3, 0.4) is 0 Å². The number of ketones is 1. The van der Waals surface area contributed by atoms with E-state index in [1.165, 1.54) is 19.3 Å². The lowest BCUT2D eigenvalue weighted by Gasteiger charge is -2.26. The number of nitrogens with zero attached hydrogens (tertiary/aromatic N) is 4. The number of piperidine rings is 1. The molecule has 0 radical (unpaired) electrons. The molecule has 0 aliphatic carbocycles. The molecule has 0 atom stereocenters. The zero-order valence-corrected chi connectivity index (χ0v) is 24.3. The first kappa shape index (κ1) is 29.2. The van der Waals surface area contributed by atoms with Crippen LogP contribution in [0.25, 0.3) is 16.8 Å². The second-order valence-corrected chi connectivity index (χ2v) is 10.8. The maximum atomic E-state index is 13.4. The van der Waals surface area contributed by atoms with Crippen molar-refractivity contribution in [3.05, 3.63) is 96.1 Å². The van der Waals surface area contributed by atoms with Crippen LogP contribution in [0.1, 0.15) is 53.7 Å². The van der Waals surface area contributed by atoms with Crippen LogP contribution in [0.15, 0.2) is 79.3 Å². The van der Waals surface area contributed by atoms with Gasteiger partial charge in [0, 0.05) is 43.5 Å². The number of hydrogen-bond acceptors (Lipinski definition) is 6. The monoisotopic (exact) mass is 565 g/mol. The van der Waals surface area contributed by atoms with Crippen molar-refractivity contribution in [1.29, 1.82) is 0 Å². The van der Waals surface area contributed by atoms with Crippen molar-refractivity contribution in [3.63, 3.8) is 0 Å². The molecular weight excluding hydrogens is 526 g/mol. The van der Waals surface area contributed by atoms with E-state index in [0.29, 0.717) is 37.3 Å². The average molecular weight is 566 g/mol. The van der Waals surface area contributed by atoms with Gasteiger partial charge in [0.2, 0.25) is 0 Å². The number of aromatic nitrogens is 3. The predicted molar refractivity (Wildman–Crippen MR) is 164 cm³/mol. The quantitative estimate of drug-likeness (QED) is 0.222. The van der Waals surface area contributed by atoms with E-state index < -0.39 is 0 Å². The SMILES string of the molecule is COc1cccc(-c2cn(-c3ccc(CC(=O)CCc4cccnc4)cc3)nc2C(=O)NCCCN2CCCCC2)c1. The summed E-state index contributed by atoms with van der Waals surface area (Å²) in [6.07, 6.45) is 11.7. The van der Waals surface area contributed by atoms with Crippen LogP contribution in [-0.2, 0) is 17.6 Å². The summed E-state index contributed by atoms with van der Waals surface area (Å²) in [6.45, 7) is 3.90. The number of pyridine rings is 1. The van der Waals surface area contributed by atoms with Gasteiger partial charge in [-0.3, -0.25) is 14.6 Å². The Bertz CT molecular complexity index is 1460. The summed E-state index contributed by atoms with van der Waals surface area (Å²) >= 11 is 0. The number of rotatable bonds is 13. The van der Waals surface area contributed by atoms with Crippen LogP contribution in [0, 0.1) is 0 Å². The van der Waals surface area contributed by atoms with Gasteiger partial charge < -0.3 is 15.0 Å². The maximum absolute atomic E-state index is 13.4. The Morgan fingerprint density at radius 3 is 2.57 bits per heavy atom. The number of hydrogen-bond donors (Lipinski definition) is 1. The number of likely N-dealkylation sites (tertiary alicyclic amines) is 1. The number of methoxy groups -OCH3 is 1. The highest BCUT2D eigenvalue weighted by atomic mass is 16.5. The highest BCUT2D eigenvalue weighted by Gasteiger charge is 2.20. The minimum atomic E-state index is -0.193. The number of ether oxygens (including phenoxy) is 1. The zero-order chi connectivity index (χ0) is 29.1. The predicted octanol–water partition coefficient (Wildman–Crippen LogP) is 5.29. The Morgan fingerprint density at radius 2 is 1.81 bits per heavy atom. The van der Waals surface area contributed by atoms with Crippen LogP contribution >= 0.6 is 0 Å². The molecule has 218 valence electrons. The minimum absolute atomic E-state index is 0.185. The van der Waals surface area contributed by atoms with Gasteiger partial charge in [-0.25, -0.2) is 4.68 Å². The number of nitrogens with one attached hydrogen (secondary N) is 1. The molecule has 1 amide bonds. The lowest BCUT2D eigenvalue weighted by atomic mass is 10.0. The topological polar surface area (TPSA) is 89.4 Å². The van der Waals surface area contributed by atoms with Crippen LogP contribution in [0.2, 0.25) is 0 Å². The van der Waals surface area contributed by atoms with Crippen LogP contribution in [-0.4, -0.2) is 64.6 Å². The molecule has 2 aromatic carbocycles. The minimum Gasteiger partial charge on any atom is -0.497 e. The number of carbonyl (C=O) groups is 2. The largest absolute Gasteiger partial charge is 0.497 e. The Kier molecular flexibility index (Phi) is 10.1. The van der Waals surface area contributed by atoms with Gasteiger partial charge >= 0.3 is 0 Å². The van der Waals surface area contributed by atoms with Crippen molar-refractivity contribution in [3.8, 4) is 22.6 Å². The number of carbonyl (C=O) groups excluding carboxylic acids is 2. The Balaban J connectivity index is 1.27. The smallest absolute Gasteiger partial charge is 0.272 e. The van der Waals surface area contributed by atoms with Gasteiger partial charge in [-0.2, -0.15) is 5.10 Å². The molecule has 2 aromatic heterocycles. The normalized spacial score (nSPS) is 13.5. The third-order valence-corrected chi connectivity index (χ3v) is 7.71. The fourth-order valence-corrected chi connectivity index (χ4v) is 5.36. The lowest BCUT2D eigenvalue weighted by molar-refractivity contribution is -0.118. The van der Waals surface area contributed by atoms with Crippen molar-refractivity contribution >= 4 is 11.7 Å². The average Bonchev–Trinajstić information content (AvgIpc) is 3.49.